The zero-order chi connectivity index (χ0) is 18.7. The molecule has 27 heavy (non-hydrogen) atoms. The Morgan fingerprint density at radius 3 is 2.67 bits per heavy atom. The third kappa shape index (κ3) is 6.07. The van der Waals surface area contributed by atoms with Crippen LogP contribution in [0.25, 0.3) is 0 Å². The number of sulfone groups is 1. The highest BCUT2D eigenvalue weighted by atomic mass is 127. The molecule has 0 aliphatic carbocycles. The van der Waals surface area contributed by atoms with Crippen molar-refractivity contribution in [2.45, 2.75) is 45.6 Å². The summed E-state index contributed by atoms with van der Waals surface area (Å²) >= 11 is 0. The first-order valence-electron chi connectivity index (χ1n) is 9.66. The van der Waals surface area contributed by atoms with Gasteiger partial charge in [-0.05, 0) is 50.7 Å². The number of halogens is 1. The second-order valence-electron chi connectivity index (χ2n) is 8.02. The molecule has 1 N–H and O–H groups in total. The zero-order valence-electron chi connectivity index (χ0n) is 16.5. The van der Waals surface area contributed by atoms with E-state index < -0.39 is 9.84 Å². The van der Waals surface area contributed by atoms with Crippen molar-refractivity contribution in [3.63, 3.8) is 0 Å². The molecule has 0 aromatic heterocycles. The van der Waals surface area contributed by atoms with Crippen molar-refractivity contribution < 1.29 is 8.42 Å². The molecule has 2 unspecified atom stereocenters. The number of hydrogen-bond acceptors (Lipinski definition) is 3. The average molecular weight is 505 g/mol. The predicted molar refractivity (Wildman–Crippen MR) is 123 cm³/mol. The van der Waals surface area contributed by atoms with Crippen LogP contribution in [0.3, 0.4) is 0 Å². The number of rotatable bonds is 4. The Balaban J connectivity index is 0.00000261. The quantitative estimate of drug-likeness (QED) is 0.388. The molecule has 5 nitrogen and oxygen atoms in total. The van der Waals surface area contributed by atoms with Crippen LogP contribution in [0.5, 0.6) is 0 Å². The first-order chi connectivity index (χ1) is 12.3. The van der Waals surface area contributed by atoms with Crippen LogP contribution in [0, 0.1) is 12.8 Å². The normalized spacial score (nSPS) is 24.9. The van der Waals surface area contributed by atoms with Gasteiger partial charge in [-0.1, -0.05) is 24.3 Å². The van der Waals surface area contributed by atoms with Crippen LogP contribution in [0.15, 0.2) is 29.3 Å². The van der Waals surface area contributed by atoms with Crippen LogP contribution in [0.4, 0.5) is 0 Å². The number of likely N-dealkylation sites (tertiary alicyclic amines) is 1. The molecule has 0 bridgehead atoms. The van der Waals surface area contributed by atoms with Gasteiger partial charge in [-0.3, -0.25) is 4.99 Å². The summed E-state index contributed by atoms with van der Waals surface area (Å²) in [5.41, 5.74) is 2.78. The Hall–Kier alpha value is -0.830. The Morgan fingerprint density at radius 2 is 2.04 bits per heavy atom. The van der Waals surface area contributed by atoms with Gasteiger partial charge in [-0.25, -0.2) is 8.42 Å². The van der Waals surface area contributed by atoms with E-state index in [1.54, 1.807) is 0 Å². The smallest absolute Gasteiger partial charge is 0.194 e. The van der Waals surface area contributed by atoms with Crippen LogP contribution < -0.4 is 5.32 Å². The molecule has 152 valence electrons. The fourth-order valence-corrected chi connectivity index (χ4v) is 5.83. The van der Waals surface area contributed by atoms with Crippen LogP contribution in [0.1, 0.15) is 43.7 Å². The van der Waals surface area contributed by atoms with Gasteiger partial charge < -0.3 is 10.2 Å². The highest BCUT2D eigenvalue weighted by molar-refractivity contribution is 14.0. The number of aliphatic imine (C=N–C) groups is 1. The van der Waals surface area contributed by atoms with Gasteiger partial charge in [0.2, 0.25) is 0 Å². The van der Waals surface area contributed by atoms with Gasteiger partial charge >= 0.3 is 0 Å². The van der Waals surface area contributed by atoms with Gasteiger partial charge in [0.05, 0.1) is 11.5 Å². The van der Waals surface area contributed by atoms with Crippen LogP contribution in [-0.2, 0) is 9.84 Å². The summed E-state index contributed by atoms with van der Waals surface area (Å²) in [5.74, 6) is 2.23. The van der Waals surface area contributed by atoms with E-state index in [1.165, 1.54) is 11.1 Å². The minimum absolute atomic E-state index is 0. The monoisotopic (exact) mass is 505 g/mol. The van der Waals surface area contributed by atoms with Crippen molar-refractivity contribution in [2.24, 2.45) is 10.9 Å². The zero-order valence-corrected chi connectivity index (χ0v) is 19.7. The van der Waals surface area contributed by atoms with Gasteiger partial charge in [0.1, 0.15) is 0 Å². The van der Waals surface area contributed by atoms with Crippen LogP contribution in [-0.4, -0.2) is 56.5 Å². The Labute approximate surface area is 181 Å². The van der Waals surface area contributed by atoms with Crippen molar-refractivity contribution in [1.82, 2.24) is 10.2 Å². The molecular formula is C20H32IN3O2S. The summed E-state index contributed by atoms with van der Waals surface area (Å²) in [6.07, 6.45) is 1.87. The maximum Gasteiger partial charge on any atom is 0.194 e. The minimum Gasteiger partial charge on any atom is -0.354 e. The Bertz CT molecular complexity index is 764. The molecule has 2 aliphatic heterocycles. The SMILES string of the molecule is Cc1ccccc1C1CCN(C(=NCC2CCS(=O)(=O)C2)NC(C)C)C1.I. The average Bonchev–Trinajstić information content (AvgIpc) is 3.18. The lowest BCUT2D eigenvalue weighted by Gasteiger charge is -2.24. The maximum absolute atomic E-state index is 11.7. The largest absolute Gasteiger partial charge is 0.354 e. The highest BCUT2D eigenvalue weighted by Crippen LogP contribution is 2.29. The van der Waals surface area contributed by atoms with Crippen molar-refractivity contribution in [1.29, 1.82) is 0 Å². The topological polar surface area (TPSA) is 61.8 Å². The highest BCUT2D eigenvalue weighted by Gasteiger charge is 2.30. The second-order valence-corrected chi connectivity index (χ2v) is 10.2. The van der Waals surface area contributed by atoms with Gasteiger partial charge in [0, 0.05) is 31.6 Å². The molecule has 0 saturated carbocycles. The van der Waals surface area contributed by atoms with Gasteiger partial charge in [-0.15, -0.1) is 24.0 Å². The van der Waals surface area contributed by atoms with E-state index in [4.69, 9.17) is 4.99 Å². The molecule has 1 aromatic rings. The van der Waals surface area contributed by atoms with E-state index in [0.717, 1.165) is 31.9 Å². The molecule has 2 saturated heterocycles. The summed E-state index contributed by atoms with van der Waals surface area (Å²) < 4.78 is 23.4. The fourth-order valence-electron chi connectivity index (χ4n) is 3.98. The first-order valence-corrected chi connectivity index (χ1v) is 11.5. The van der Waals surface area contributed by atoms with Crippen molar-refractivity contribution >= 4 is 39.8 Å². The Kier molecular flexibility index (Phi) is 7.97. The van der Waals surface area contributed by atoms with E-state index >= 15 is 0 Å². The third-order valence-electron chi connectivity index (χ3n) is 5.36. The summed E-state index contributed by atoms with van der Waals surface area (Å²) in [5, 5.41) is 3.48. The summed E-state index contributed by atoms with van der Waals surface area (Å²) in [6, 6.07) is 8.93. The minimum atomic E-state index is -2.84. The van der Waals surface area contributed by atoms with Crippen molar-refractivity contribution in [2.75, 3.05) is 31.1 Å². The maximum atomic E-state index is 11.7. The van der Waals surface area contributed by atoms with E-state index in [9.17, 15) is 8.42 Å². The fraction of sp³-hybridized carbons (Fsp3) is 0.650. The number of nitrogens with one attached hydrogen (secondary N) is 1. The number of guanidine groups is 1. The molecular weight excluding hydrogens is 473 g/mol. The standard InChI is InChI=1S/C20H31N3O2S.HI/c1-15(2)22-20(21-12-17-9-11-26(24,25)14-17)23-10-8-18(13-23)19-7-5-4-6-16(19)3;/h4-7,15,17-18H,8-14H2,1-3H3,(H,21,22);1H. The van der Waals surface area contributed by atoms with Crippen LogP contribution >= 0.6 is 24.0 Å². The molecule has 1 aromatic carbocycles. The van der Waals surface area contributed by atoms with E-state index in [-0.39, 0.29) is 35.6 Å². The van der Waals surface area contributed by atoms with E-state index in [2.05, 4.69) is 55.3 Å². The lowest BCUT2D eigenvalue weighted by Crippen LogP contribution is -2.43. The molecule has 0 amide bonds. The summed E-state index contributed by atoms with van der Waals surface area (Å²) in [4.78, 5) is 7.14. The number of nitrogens with zero attached hydrogens (tertiary/aromatic N) is 2. The molecule has 0 radical (unpaired) electrons. The molecule has 2 fully saturated rings. The number of hydrogen-bond donors (Lipinski definition) is 1. The van der Waals surface area contributed by atoms with Crippen molar-refractivity contribution in [3.05, 3.63) is 35.4 Å². The summed E-state index contributed by atoms with van der Waals surface area (Å²) in [7, 11) is -2.84. The predicted octanol–water partition coefficient (Wildman–Crippen LogP) is 3.19. The van der Waals surface area contributed by atoms with Gasteiger partial charge in [-0.2, -0.15) is 0 Å². The molecule has 3 rings (SSSR count). The third-order valence-corrected chi connectivity index (χ3v) is 7.20. The molecule has 7 heteroatoms. The molecule has 0 spiro atoms. The van der Waals surface area contributed by atoms with Gasteiger partial charge in [0.25, 0.3) is 0 Å². The Morgan fingerprint density at radius 1 is 1.30 bits per heavy atom. The molecule has 2 heterocycles. The van der Waals surface area contributed by atoms with E-state index in [1.807, 2.05) is 0 Å². The first kappa shape index (κ1) is 22.5. The lowest BCUT2D eigenvalue weighted by molar-refractivity contribution is 0.470. The van der Waals surface area contributed by atoms with E-state index in [0.29, 0.717) is 24.3 Å². The van der Waals surface area contributed by atoms with Crippen molar-refractivity contribution in [3.8, 4) is 0 Å². The molecule has 2 atom stereocenters. The van der Waals surface area contributed by atoms with Crippen LogP contribution in [0.2, 0.25) is 0 Å². The summed E-state index contributed by atoms with van der Waals surface area (Å²) in [6.45, 7) is 8.96. The second kappa shape index (κ2) is 9.58. The number of benzene rings is 1. The number of aryl methyl sites for hydroxylation is 1. The van der Waals surface area contributed by atoms with Gasteiger partial charge in [0.15, 0.2) is 15.8 Å². The lowest BCUT2D eigenvalue weighted by atomic mass is 9.94. The molecule has 2 aliphatic rings.